The third kappa shape index (κ3) is 6.89. The van der Waals surface area contributed by atoms with Crippen molar-refractivity contribution in [3.8, 4) is 0 Å². The summed E-state index contributed by atoms with van der Waals surface area (Å²) in [5.41, 5.74) is 0. The van der Waals surface area contributed by atoms with E-state index in [-0.39, 0.29) is 0 Å². The molecule has 0 rings (SSSR count). The molecule has 0 aliphatic rings. The fraction of sp³-hybridized carbons (Fsp3) is 0.909. The van der Waals surface area contributed by atoms with Gasteiger partial charge < -0.3 is 9.84 Å². The number of carboxylic acid groups (broad SMARTS) is 1. The van der Waals surface area contributed by atoms with Crippen LogP contribution in [-0.4, -0.2) is 23.8 Å². The lowest BCUT2D eigenvalue weighted by molar-refractivity contribution is -0.151. The Hall–Kier alpha value is -0.570. The van der Waals surface area contributed by atoms with Crippen LogP contribution in [0, 0.1) is 5.92 Å². The summed E-state index contributed by atoms with van der Waals surface area (Å²) >= 11 is 0. The molecular formula is C11H22O3. The molecule has 0 aromatic carbocycles. The first kappa shape index (κ1) is 13.4. The third-order valence-electron chi connectivity index (χ3n) is 2.10. The van der Waals surface area contributed by atoms with E-state index in [0.717, 1.165) is 19.3 Å². The number of hydrogen-bond donors (Lipinski definition) is 1. The highest BCUT2D eigenvalue weighted by Gasteiger charge is 2.17. The Morgan fingerprint density at radius 3 is 2.43 bits per heavy atom. The van der Waals surface area contributed by atoms with Gasteiger partial charge in [0.1, 0.15) is 0 Å². The maximum Gasteiger partial charge on any atom is 0.332 e. The SMILES string of the molecule is CCCCOC(CCC(C)C)C(=O)O. The van der Waals surface area contributed by atoms with E-state index in [1.165, 1.54) is 0 Å². The average molecular weight is 202 g/mol. The molecule has 1 N–H and O–H groups in total. The molecule has 0 aromatic rings. The molecule has 0 aromatic heterocycles. The molecule has 0 saturated heterocycles. The van der Waals surface area contributed by atoms with Gasteiger partial charge in [0.05, 0.1) is 0 Å². The third-order valence-corrected chi connectivity index (χ3v) is 2.10. The van der Waals surface area contributed by atoms with Gasteiger partial charge in [0.2, 0.25) is 0 Å². The van der Waals surface area contributed by atoms with Crippen molar-refractivity contribution in [1.82, 2.24) is 0 Å². The standard InChI is InChI=1S/C11H22O3/c1-4-5-8-14-10(11(12)13)7-6-9(2)3/h9-10H,4-8H2,1-3H3,(H,12,13). The van der Waals surface area contributed by atoms with Gasteiger partial charge in [-0.15, -0.1) is 0 Å². The molecule has 0 heterocycles. The molecule has 0 aliphatic heterocycles. The molecule has 0 amide bonds. The van der Waals surface area contributed by atoms with Crippen molar-refractivity contribution in [1.29, 1.82) is 0 Å². The Kier molecular flexibility index (Phi) is 7.48. The largest absolute Gasteiger partial charge is 0.479 e. The van der Waals surface area contributed by atoms with Gasteiger partial charge in [0.15, 0.2) is 6.10 Å². The predicted octanol–water partition coefficient (Wildman–Crippen LogP) is 2.69. The number of carboxylic acids is 1. The second kappa shape index (κ2) is 7.80. The Balaban J connectivity index is 3.72. The van der Waals surface area contributed by atoms with Gasteiger partial charge in [0, 0.05) is 6.61 Å². The normalized spacial score (nSPS) is 13.1. The zero-order valence-corrected chi connectivity index (χ0v) is 9.45. The fourth-order valence-corrected chi connectivity index (χ4v) is 1.13. The van der Waals surface area contributed by atoms with Crippen LogP contribution >= 0.6 is 0 Å². The van der Waals surface area contributed by atoms with E-state index in [9.17, 15) is 4.79 Å². The maximum atomic E-state index is 10.8. The molecule has 0 radical (unpaired) electrons. The van der Waals surface area contributed by atoms with E-state index in [1.807, 2.05) is 0 Å². The van der Waals surface area contributed by atoms with Crippen molar-refractivity contribution in [2.45, 2.75) is 52.6 Å². The molecule has 1 atom stereocenters. The predicted molar refractivity (Wildman–Crippen MR) is 56.4 cm³/mol. The lowest BCUT2D eigenvalue weighted by Gasteiger charge is -2.14. The topological polar surface area (TPSA) is 46.5 Å². The van der Waals surface area contributed by atoms with Gasteiger partial charge >= 0.3 is 5.97 Å². The minimum Gasteiger partial charge on any atom is -0.479 e. The van der Waals surface area contributed by atoms with Crippen LogP contribution in [0.25, 0.3) is 0 Å². The molecule has 1 unspecified atom stereocenters. The molecule has 3 nitrogen and oxygen atoms in total. The quantitative estimate of drug-likeness (QED) is 0.615. The van der Waals surface area contributed by atoms with Crippen LogP contribution in [0.5, 0.6) is 0 Å². The minimum absolute atomic E-state index is 0.534. The van der Waals surface area contributed by atoms with Crippen molar-refractivity contribution in [3.63, 3.8) is 0 Å². The lowest BCUT2D eigenvalue weighted by Crippen LogP contribution is -2.24. The summed E-state index contributed by atoms with van der Waals surface area (Å²) in [7, 11) is 0. The summed E-state index contributed by atoms with van der Waals surface area (Å²) < 4.78 is 5.29. The van der Waals surface area contributed by atoms with Crippen LogP contribution in [0.15, 0.2) is 0 Å². The molecule has 0 spiro atoms. The van der Waals surface area contributed by atoms with Crippen molar-refractivity contribution >= 4 is 5.97 Å². The zero-order chi connectivity index (χ0) is 11.0. The summed E-state index contributed by atoms with van der Waals surface area (Å²) in [5, 5.41) is 8.86. The molecular weight excluding hydrogens is 180 g/mol. The second-order valence-corrected chi connectivity index (χ2v) is 4.02. The maximum absolute atomic E-state index is 10.8. The van der Waals surface area contributed by atoms with E-state index >= 15 is 0 Å². The zero-order valence-electron chi connectivity index (χ0n) is 9.45. The highest BCUT2D eigenvalue weighted by Crippen LogP contribution is 2.10. The van der Waals surface area contributed by atoms with Gasteiger partial charge in [-0.2, -0.15) is 0 Å². The van der Waals surface area contributed by atoms with Gasteiger partial charge in [-0.3, -0.25) is 0 Å². The number of carbonyl (C=O) groups is 1. The molecule has 0 fully saturated rings. The van der Waals surface area contributed by atoms with Crippen LogP contribution in [0.2, 0.25) is 0 Å². The summed E-state index contributed by atoms with van der Waals surface area (Å²) in [6, 6.07) is 0. The van der Waals surface area contributed by atoms with Crippen LogP contribution in [0.1, 0.15) is 46.5 Å². The highest BCUT2D eigenvalue weighted by atomic mass is 16.5. The number of rotatable bonds is 8. The summed E-state index contributed by atoms with van der Waals surface area (Å²) in [6.07, 6.45) is 2.89. The Bertz CT molecular complexity index is 155. The number of unbranched alkanes of at least 4 members (excludes halogenated alkanes) is 1. The van der Waals surface area contributed by atoms with Crippen molar-refractivity contribution in [2.75, 3.05) is 6.61 Å². The van der Waals surface area contributed by atoms with E-state index in [0.29, 0.717) is 18.9 Å². The van der Waals surface area contributed by atoms with Crippen LogP contribution in [-0.2, 0) is 9.53 Å². The summed E-state index contributed by atoms with van der Waals surface area (Å²) in [5.74, 6) is -0.298. The lowest BCUT2D eigenvalue weighted by atomic mass is 10.1. The Morgan fingerprint density at radius 2 is 2.00 bits per heavy atom. The summed E-state index contributed by atoms with van der Waals surface area (Å²) in [6.45, 7) is 6.80. The first-order valence-electron chi connectivity index (χ1n) is 5.42. The molecule has 14 heavy (non-hydrogen) atoms. The second-order valence-electron chi connectivity index (χ2n) is 4.02. The van der Waals surface area contributed by atoms with Gasteiger partial charge in [-0.05, 0) is 25.2 Å². The number of aliphatic carboxylic acids is 1. The van der Waals surface area contributed by atoms with Gasteiger partial charge in [-0.25, -0.2) is 4.79 Å². The molecule has 0 bridgehead atoms. The number of ether oxygens (including phenoxy) is 1. The van der Waals surface area contributed by atoms with Crippen molar-refractivity contribution in [3.05, 3.63) is 0 Å². The monoisotopic (exact) mass is 202 g/mol. The van der Waals surface area contributed by atoms with E-state index in [4.69, 9.17) is 9.84 Å². The molecule has 84 valence electrons. The van der Waals surface area contributed by atoms with Crippen molar-refractivity contribution in [2.24, 2.45) is 5.92 Å². The first-order valence-corrected chi connectivity index (χ1v) is 5.42. The van der Waals surface area contributed by atoms with E-state index in [2.05, 4.69) is 20.8 Å². The molecule has 3 heteroatoms. The first-order chi connectivity index (χ1) is 6.57. The minimum atomic E-state index is -0.832. The number of hydrogen-bond acceptors (Lipinski definition) is 2. The highest BCUT2D eigenvalue weighted by molar-refractivity contribution is 5.72. The van der Waals surface area contributed by atoms with E-state index < -0.39 is 12.1 Å². The van der Waals surface area contributed by atoms with Crippen LogP contribution < -0.4 is 0 Å². The molecule has 0 aliphatic carbocycles. The van der Waals surface area contributed by atoms with Gasteiger partial charge in [-0.1, -0.05) is 27.2 Å². The van der Waals surface area contributed by atoms with Crippen LogP contribution in [0.3, 0.4) is 0 Å². The van der Waals surface area contributed by atoms with Crippen molar-refractivity contribution < 1.29 is 14.6 Å². The summed E-state index contributed by atoms with van der Waals surface area (Å²) in [4.78, 5) is 10.8. The molecule has 0 saturated carbocycles. The van der Waals surface area contributed by atoms with Crippen LogP contribution in [0.4, 0.5) is 0 Å². The van der Waals surface area contributed by atoms with Gasteiger partial charge in [0.25, 0.3) is 0 Å². The fourth-order valence-electron chi connectivity index (χ4n) is 1.13. The van der Waals surface area contributed by atoms with E-state index in [1.54, 1.807) is 0 Å². The Morgan fingerprint density at radius 1 is 1.36 bits per heavy atom. The smallest absolute Gasteiger partial charge is 0.332 e. The average Bonchev–Trinajstić information content (AvgIpc) is 2.10. The Labute approximate surface area is 86.5 Å².